The fourth-order valence-corrected chi connectivity index (χ4v) is 3.37. The summed E-state index contributed by atoms with van der Waals surface area (Å²) >= 11 is 0. The van der Waals surface area contributed by atoms with Gasteiger partial charge in [0.25, 0.3) is 0 Å². The van der Waals surface area contributed by atoms with Gasteiger partial charge in [-0.2, -0.15) is 0 Å². The summed E-state index contributed by atoms with van der Waals surface area (Å²) in [6, 6.07) is 8.55. The molecule has 6 heteroatoms. The molecule has 2 saturated carbocycles. The summed E-state index contributed by atoms with van der Waals surface area (Å²) < 4.78 is 2.27. The Labute approximate surface area is 141 Å². The fraction of sp³-hybridized carbons (Fsp3) is 0.556. The van der Waals surface area contributed by atoms with Crippen LogP contribution in [0.1, 0.15) is 37.5 Å². The topological polar surface area (TPSA) is 70.4 Å². The number of amides is 2. The Morgan fingerprint density at radius 1 is 1.42 bits per heavy atom. The van der Waals surface area contributed by atoms with Crippen molar-refractivity contribution >= 4 is 17.1 Å². The molecule has 0 spiro atoms. The van der Waals surface area contributed by atoms with Crippen molar-refractivity contribution in [1.82, 2.24) is 19.8 Å². The Morgan fingerprint density at radius 2 is 2.17 bits per heavy atom. The highest BCUT2D eigenvalue weighted by molar-refractivity contribution is 5.77. The molecule has 2 amide bonds. The molecule has 2 aliphatic carbocycles. The van der Waals surface area contributed by atoms with Crippen molar-refractivity contribution in [2.45, 2.75) is 38.3 Å². The number of para-hydroxylation sites is 2. The number of imidazole rings is 1. The minimum atomic E-state index is -0.107. The van der Waals surface area contributed by atoms with Crippen molar-refractivity contribution in [3.8, 4) is 0 Å². The van der Waals surface area contributed by atoms with Crippen LogP contribution in [0.25, 0.3) is 11.0 Å². The van der Waals surface area contributed by atoms with E-state index in [2.05, 4.69) is 16.0 Å². The van der Waals surface area contributed by atoms with Gasteiger partial charge in [-0.1, -0.05) is 12.1 Å². The van der Waals surface area contributed by atoms with E-state index in [0.717, 1.165) is 29.7 Å². The van der Waals surface area contributed by atoms with E-state index in [1.807, 2.05) is 18.2 Å². The first kappa shape index (κ1) is 15.4. The van der Waals surface area contributed by atoms with Gasteiger partial charge in [0.15, 0.2) is 0 Å². The summed E-state index contributed by atoms with van der Waals surface area (Å²) in [6.07, 6.45) is 4.36. The van der Waals surface area contributed by atoms with Gasteiger partial charge in [0.05, 0.1) is 24.2 Å². The molecule has 2 fully saturated rings. The van der Waals surface area contributed by atoms with Crippen molar-refractivity contribution in [2.75, 3.05) is 20.2 Å². The van der Waals surface area contributed by atoms with Crippen LogP contribution in [0, 0.1) is 5.41 Å². The summed E-state index contributed by atoms with van der Waals surface area (Å²) in [5.74, 6) is 0.920. The number of carbonyl (C=O) groups is 1. The molecule has 0 aliphatic heterocycles. The van der Waals surface area contributed by atoms with E-state index in [-0.39, 0.29) is 18.1 Å². The highest BCUT2D eigenvalue weighted by Gasteiger charge is 2.43. The molecule has 0 radical (unpaired) electrons. The third-order valence-electron chi connectivity index (χ3n) is 5.19. The Hall–Kier alpha value is -2.08. The van der Waals surface area contributed by atoms with Gasteiger partial charge < -0.3 is 19.9 Å². The quantitative estimate of drug-likeness (QED) is 0.855. The van der Waals surface area contributed by atoms with E-state index in [1.165, 1.54) is 12.8 Å². The molecule has 24 heavy (non-hydrogen) atoms. The van der Waals surface area contributed by atoms with Crippen molar-refractivity contribution < 1.29 is 9.90 Å². The summed E-state index contributed by atoms with van der Waals surface area (Å²) in [6.45, 7) is 1.19. The van der Waals surface area contributed by atoms with E-state index in [4.69, 9.17) is 4.98 Å². The smallest absolute Gasteiger partial charge is 0.317 e. The lowest BCUT2D eigenvalue weighted by molar-refractivity contribution is 0.161. The lowest BCUT2D eigenvalue weighted by Crippen LogP contribution is -2.41. The van der Waals surface area contributed by atoms with Gasteiger partial charge in [0, 0.05) is 25.0 Å². The molecule has 1 heterocycles. The largest absolute Gasteiger partial charge is 0.396 e. The maximum atomic E-state index is 12.3. The highest BCUT2D eigenvalue weighted by Crippen LogP contribution is 2.45. The molecule has 1 aromatic heterocycles. The molecule has 0 atom stereocenters. The van der Waals surface area contributed by atoms with Crippen molar-refractivity contribution in [3.05, 3.63) is 30.1 Å². The third kappa shape index (κ3) is 2.86. The normalized spacial score (nSPS) is 18.6. The minimum Gasteiger partial charge on any atom is -0.396 e. The number of nitrogens with one attached hydrogen (secondary N) is 1. The number of nitrogens with zero attached hydrogens (tertiary/aromatic N) is 3. The molecular formula is C18H24N4O2. The van der Waals surface area contributed by atoms with Crippen LogP contribution in [0.3, 0.4) is 0 Å². The van der Waals surface area contributed by atoms with Gasteiger partial charge in [-0.3, -0.25) is 0 Å². The number of carbonyl (C=O) groups excluding carboxylic acids is 1. The van der Waals surface area contributed by atoms with E-state index in [1.54, 1.807) is 11.9 Å². The van der Waals surface area contributed by atoms with Gasteiger partial charge in [-0.15, -0.1) is 0 Å². The standard InChI is InChI=1S/C18H24N4O2/c1-21(11-18(12-23)8-9-18)17(24)19-10-16-20-14-4-2-3-5-15(14)22(16)13-6-7-13/h2-5,13,23H,6-12H2,1H3,(H,19,24). The zero-order chi connectivity index (χ0) is 16.7. The first-order chi connectivity index (χ1) is 11.6. The summed E-state index contributed by atoms with van der Waals surface area (Å²) in [4.78, 5) is 18.7. The molecule has 2 aliphatic rings. The fourth-order valence-electron chi connectivity index (χ4n) is 3.37. The van der Waals surface area contributed by atoms with Gasteiger partial charge in [-0.25, -0.2) is 9.78 Å². The zero-order valence-electron chi connectivity index (χ0n) is 14.0. The van der Waals surface area contributed by atoms with Crippen LogP contribution in [0.15, 0.2) is 24.3 Å². The average Bonchev–Trinajstić information content (AvgIpc) is 3.52. The average molecular weight is 328 g/mol. The Morgan fingerprint density at radius 3 is 2.83 bits per heavy atom. The van der Waals surface area contributed by atoms with Crippen LogP contribution in [-0.2, 0) is 6.54 Å². The Balaban J connectivity index is 1.45. The molecule has 0 saturated heterocycles. The van der Waals surface area contributed by atoms with Gasteiger partial charge in [0.1, 0.15) is 5.82 Å². The second-order valence-corrected chi connectivity index (χ2v) is 7.29. The molecule has 1 aromatic carbocycles. The van der Waals surface area contributed by atoms with Crippen LogP contribution >= 0.6 is 0 Å². The lowest BCUT2D eigenvalue weighted by atomic mass is 10.1. The van der Waals surface area contributed by atoms with Crippen molar-refractivity contribution in [2.24, 2.45) is 5.41 Å². The predicted molar refractivity (Wildman–Crippen MR) is 91.6 cm³/mol. The molecule has 0 unspecified atom stereocenters. The van der Waals surface area contributed by atoms with Crippen molar-refractivity contribution in [1.29, 1.82) is 0 Å². The molecule has 0 bridgehead atoms. The lowest BCUT2D eigenvalue weighted by Gasteiger charge is -2.22. The number of rotatable bonds is 6. The van der Waals surface area contributed by atoms with Crippen LogP contribution in [0.5, 0.6) is 0 Å². The third-order valence-corrected chi connectivity index (χ3v) is 5.19. The number of fused-ring (bicyclic) bond motifs is 1. The second kappa shape index (κ2) is 5.77. The molecule has 2 N–H and O–H groups in total. The monoisotopic (exact) mass is 328 g/mol. The van der Waals surface area contributed by atoms with Crippen LogP contribution in [-0.4, -0.2) is 45.8 Å². The van der Waals surface area contributed by atoms with Crippen LogP contribution < -0.4 is 5.32 Å². The maximum Gasteiger partial charge on any atom is 0.317 e. The number of aromatic nitrogens is 2. The van der Waals surface area contributed by atoms with E-state index in [9.17, 15) is 9.90 Å². The van der Waals surface area contributed by atoms with Crippen molar-refractivity contribution in [3.63, 3.8) is 0 Å². The van der Waals surface area contributed by atoms with E-state index >= 15 is 0 Å². The summed E-state index contributed by atoms with van der Waals surface area (Å²) in [7, 11) is 1.79. The number of hydrogen-bond donors (Lipinski definition) is 2. The number of urea groups is 1. The molecule has 128 valence electrons. The number of hydrogen-bond acceptors (Lipinski definition) is 3. The SMILES string of the molecule is CN(CC1(CO)CC1)C(=O)NCc1nc2ccccc2n1C1CC1. The summed E-state index contributed by atoms with van der Waals surface area (Å²) in [5.41, 5.74) is 2.07. The molecular weight excluding hydrogens is 304 g/mol. The van der Waals surface area contributed by atoms with Gasteiger partial charge in [0.2, 0.25) is 0 Å². The molecule has 2 aromatic rings. The van der Waals surface area contributed by atoms with E-state index in [0.29, 0.717) is 19.1 Å². The van der Waals surface area contributed by atoms with Gasteiger partial charge in [-0.05, 0) is 37.8 Å². The first-order valence-electron chi connectivity index (χ1n) is 8.68. The first-order valence-corrected chi connectivity index (χ1v) is 8.68. The predicted octanol–water partition coefficient (Wildman–Crippen LogP) is 2.29. The highest BCUT2D eigenvalue weighted by atomic mass is 16.3. The van der Waals surface area contributed by atoms with E-state index < -0.39 is 0 Å². The second-order valence-electron chi connectivity index (χ2n) is 7.29. The number of benzene rings is 1. The van der Waals surface area contributed by atoms with Gasteiger partial charge >= 0.3 is 6.03 Å². The molecule has 4 rings (SSSR count). The zero-order valence-corrected chi connectivity index (χ0v) is 14.0. The summed E-state index contributed by atoms with van der Waals surface area (Å²) in [5, 5.41) is 12.4. The Kier molecular flexibility index (Phi) is 3.72. The number of aliphatic hydroxyl groups excluding tert-OH is 1. The maximum absolute atomic E-state index is 12.3. The minimum absolute atomic E-state index is 0.0623. The van der Waals surface area contributed by atoms with Crippen LogP contribution in [0.4, 0.5) is 4.79 Å². The Bertz CT molecular complexity index is 761. The number of aliphatic hydroxyl groups is 1. The molecule has 6 nitrogen and oxygen atoms in total. The van der Waals surface area contributed by atoms with Crippen LogP contribution in [0.2, 0.25) is 0 Å².